The molecular formula is C24H33N5O6. The van der Waals surface area contributed by atoms with Crippen LogP contribution in [0, 0.1) is 5.92 Å². The quantitative estimate of drug-likeness (QED) is 0.267. The zero-order valence-electron chi connectivity index (χ0n) is 19.9. The molecule has 4 atom stereocenters. The van der Waals surface area contributed by atoms with Gasteiger partial charge in [0.05, 0.1) is 12.6 Å². The van der Waals surface area contributed by atoms with E-state index in [1.807, 2.05) is 38.1 Å². The molecule has 35 heavy (non-hydrogen) atoms. The number of likely N-dealkylation sites (tertiary alicyclic amines) is 1. The molecule has 190 valence electrons. The summed E-state index contributed by atoms with van der Waals surface area (Å²) in [5.74, 6) is -3.07. The Labute approximate surface area is 203 Å². The fourth-order valence-corrected chi connectivity index (χ4v) is 4.24. The molecule has 1 aliphatic heterocycles. The van der Waals surface area contributed by atoms with E-state index in [1.165, 1.54) is 4.90 Å². The molecule has 4 unspecified atom stereocenters. The Hall–Kier alpha value is -3.44. The second-order valence-electron chi connectivity index (χ2n) is 9.17. The number of carboxylic acids is 1. The van der Waals surface area contributed by atoms with Crippen molar-refractivity contribution in [2.24, 2.45) is 11.7 Å². The van der Waals surface area contributed by atoms with Gasteiger partial charge in [-0.3, -0.25) is 14.4 Å². The topological polar surface area (TPSA) is 178 Å². The van der Waals surface area contributed by atoms with Crippen molar-refractivity contribution >= 4 is 34.6 Å². The molecule has 2 aromatic rings. The van der Waals surface area contributed by atoms with Crippen LogP contribution in [0.2, 0.25) is 0 Å². The molecule has 11 heteroatoms. The number of fused-ring (bicyclic) bond motifs is 1. The van der Waals surface area contributed by atoms with Gasteiger partial charge in [-0.05, 0) is 30.4 Å². The van der Waals surface area contributed by atoms with Crippen LogP contribution in [-0.4, -0.2) is 81.1 Å². The fraction of sp³-hybridized carbons (Fsp3) is 0.500. The molecule has 0 bridgehead atoms. The summed E-state index contributed by atoms with van der Waals surface area (Å²) in [5.41, 5.74) is 7.62. The average Bonchev–Trinajstić information content (AvgIpc) is 3.48. The number of nitrogens with two attached hydrogens (primary N) is 1. The van der Waals surface area contributed by atoms with Crippen LogP contribution in [0.5, 0.6) is 0 Å². The second-order valence-corrected chi connectivity index (χ2v) is 9.17. The molecule has 7 N–H and O–H groups in total. The molecule has 3 amide bonds. The largest absolute Gasteiger partial charge is 0.480 e. The molecule has 1 aromatic carbocycles. The summed E-state index contributed by atoms with van der Waals surface area (Å²) in [6.07, 6.45) is 2.86. The number of benzene rings is 1. The monoisotopic (exact) mass is 487 g/mol. The summed E-state index contributed by atoms with van der Waals surface area (Å²) in [6.45, 7) is 3.25. The Balaban J connectivity index is 1.82. The molecule has 2 heterocycles. The number of carbonyl (C=O) groups is 4. The van der Waals surface area contributed by atoms with E-state index in [0.717, 1.165) is 16.5 Å². The SMILES string of the molecule is CC(C)C(N)C(=O)N1CCCC1C(=O)NC(Cc1c[nH]c2ccccc12)C(=O)NC(CO)C(=O)O. The summed E-state index contributed by atoms with van der Waals surface area (Å²) < 4.78 is 0. The van der Waals surface area contributed by atoms with Crippen LogP contribution in [0.1, 0.15) is 32.3 Å². The van der Waals surface area contributed by atoms with Crippen molar-refractivity contribution in [1.29, 1.82) is 0 Å². The lowest BCUT2D eigenvalue weighted by Gasteiger charge is -2.29. The Bertz CT molecular complexity index is 1080. The highest BCUT2D eigenvalue weighted by molar-refractivity contribution is 5.95. The number of rotatable bonds is 10. The lowest BCUT2D eigenvalue weighted by molar-refractivity contribution is -0.144. The highest BCUT2D eigenvalue weighted by Crippen LogP contribution is 2.22. The van der Waals surface area contributed by atoms with Gasteiger partial charge < -0.3 is 36.5 Å². The van der Waals surface area contributed by atoms with Gasteiger partial charge in [-0.15, -0.1) is 0 Å². The number of aliphatic hydroxyl groups excluding tert-OH is 1. The smallest absolute Gasteiger partial charge is 0.328 e. The minimum absolute atomic E-state index is 0.0749. The lowest BCUT2D eigenvalue weighted by Crippen LogP contribution is -2.58. The van der Waals surface area contributed by atoms with Gasteiger partial charge in [0.1, 0.15) is 18.1 Å². The van der Waals surface area contributed by atoms with E-state index in [-0.39, 0.29) is 18.2 Å². The summed E-state index contributed by atoms with van der Waals surface area (Å²) in [5, 5.41) is 24.4. The third-order valence-corrected chi connectivity index (χ3v) is 6.37. The molecule has 1 aromatic heterocycles. The van der Waals surface area contributed by atoms with Crippen molar-refractivity contribution in [1.82, 2.24) is 20.5 Å². The Morgan fingerprint density at radius 2 is 1.89 bits per heavy atom. The van der Waals surface area contributed by atoms with Crippen molar-refractivity contribution in [2.45, 2.75) is 57.3 Å². The maximum atomic E-state index is 13.2. The highest BCUT2D eigenvalue weighted by Gasteiger charge is 2.38. The number of nitrogens with zero attached hydrogens (tertiary/aromatic N) is 1. The van der Waals surface area contributed by atoms with Crippen LogP contribution in [0.15, 0.2) is 30.5 Å². The summed E-state index contributed by atoms with van der Waals surface area (Å²) in [6, 6.07) is 3.29. The van der Waals surface area contributed by atoms with Gasteiger partial charge in [-0.2, -0.15) is 0 Å². The van der Waals surface area contributed by atoms with Gasteiger partial charge in [0.25, 0.3) is 0 Å². The Morgan fingerprint density at radius 3 is 2.54 bits per heavy atom. The first-order valence-electron chi connectivity index (χ1n) is 11.7. The van der Waals surface area contributed by atoms with Crippen LogP contribution in [0.25, 0.3) is 10.9 Å². The zero-order valence-corrected chi connectivity index (χ0v) is 19.9. The number of carboxylic acid groups (broad SMARTS) is 1. The van der Waals surface area contributed by atoms with Crippen molar-refractivity contribution in [3.05, 3.63) is 36.0 Å². The van der Waals surface area contributed by atoms with Crippen molar-refractivity contribution < 1.29 is 29.4 Å². The minimum Gasteiger partial charge on any atom is -0.480 e. The van der Waals surface area contributed by atoms with Crippen LogP contribution in [0.3, 0.4) is 0 Å². The Morgan fingerprint density at radius 1 is 1.17 bits per heavy atom. The Kier molecular flexibility index (Phi) is 8.47. The van der Waals surface area contributed by atoms with Crippen LogP contribution in [0.4, 0.5) is 0 Å². The van der Waals surface area contributed by atoms with E-state index in [9.17, 15) is 29.4 Å². The summed E-state index contributed by atoms with van der Waals surface area (Å²) in [7, 11) is 0. The number of carbonyl (C=O) groups excluding carboxylic acids is 3. The number of aliphatic hydroxyl groups is 1. The van der Waals surface area contributed by atoms with Crippen LogP contribution < -0.4 is 16.4 Å². The van der Waals surface area contributed by atoms with Crippen molar-refractivity contribution in [3.8, 4) is 0 Å². The number of aliphatic carboxylic acids is 1. The fourth-order valence-electron chi connectivity index (χ4n) is 4.24. The zero-order chi connectivity index (χ0) is 25.7. The van der Waals surface area contributed by atoms with Gasteiger partial charge in [-0.1, -0.05) is 32.0 Å². The third kappa shape index (κ3) is 5.98. The molecule has 3 rings (SSSR count). The number of aromatic nitrogens is 1. The number of H-pyrrole nitrogens is 1. The molecule has 1 saturated heterocycles. The van der Waals surface area contributed by atoms with Crippen LogP contribution in [-0.2, 0) is 25.6 Å². The standard InChI is InChI=1S/C24H33N5O6/c1-13(2)20(25)23(33)29-9-5-8-19(29)22(32)27-17(21(31)28-18(12-30)24(34)35)10-14-11-26-16-7-4-3-6-15(14)16/h3-4,6-7,11,13,17-20,26,30H,5,8-10,12,25H2,1-2H3,(H,27,32)(H,28,31)(H,34,35). The molecule has 1 aliphatic rings. The molecule has 0 saturated carbocycles. The van der Waals surface area contributed by atoms with E-state index < -0.39 is 48.6 Å². The number of hydrogen-bond acceptors (Lipinski definition) is 6. The number of hydrogen-bond donors (Lipinski definition) is 6. The van der Waals surface area contributed by atoms with E-state index in [2.05, 4.69) is 15.6 Å². The second kappa shape index (κ2) is 11.3. The van der Waals surface area contributed by atoms with Gasteiger partial charge in [0, 0.05) is 30.1 Å². The van der Waals surface area contributed by atoms with Gasteiger partial charge in [-0.25, -0.2) is 4.79 Å². The predicted molar refractivity (Wildman–Crippen MR) is 128 cm³/mol. The maximum Gasteiger partial charge on any atom is 0.328 e. The number of nitrogens with one attached hydrogen (secondary N) is 3. The maximum absolute atomic E-state index is 13.2. The number of para-hydroxylation sites is 1. The first-order valence-corrected chi connectivity index (χ1v) is 11.7. The van der Waals surface area contributed by atoms with E-state index in [0.29, 0.717) is 19.4 Å². The van der Waals surface area contributed by atoms with Crippen LogP contribution >= 0.6 is 0 Å². The van der Waals surface area contributed by atoms with E-state index in [4.69, 9.17) is 5.73 Å². The number of amides is 3. The molecular weight excluding hydrogens is 454 g/mol. The van der Waals surface area contributed by atoms with E-state index >= 15 is 0 Å². The third-order valence-electron chi connectivity index (χ3n) is 6.37. The molecule has 0 spiro atoms. The van der Waals surface area contributed by atoms with Gasteiger partial charge >= 0.3 is 5.97 Å². The summed E-state index contributed by atoms with van der Waals surface area (Å²) >= 11 is 0. The molecule has 11 nitrogen and oxygen atoms in total. The summed E-state index contributed by atoms with van der Waals surface area (Å²) in [4.78, 5) is 55.0. The molecule has 1 fully saturated rings. The number of aromatic amines is 1. The highest BCUT2D eigenvalue weighted by atomic mass is 16.4. The first kappa shape index (κ1) is 26.2. The normalized spacial score (nSPS) is 18.3. The van der Waals surface area contributed by atoms with Gasteiger partial charge in [0.15, 0.2) is 0 Å². The van der Waals surface area contributed by atoms with Crippen molar-refractivity contribution in [3.63, 3.8) is 0 Å². The average molecular weight is 488 g/mol. The molecule has 0 aliphatic carbocycles. The molecule has 0 radical (unpaired) electrons. The van der Waals surface area contributed by atoms with Gasteiger partial charge in [0.2, 0.25) is 17.7 Å². The predicted octanol–water partition coefficient (Wildman–Crippen LogP) is -0.269. The van der Waals surface area contributed by atoms with E-state index in [1.54, 1.807) is 6.20 Å². The minimum atomic E-state index is -1.52. The first-order chi connectivity index (χ1) is 16.6. The van der Waals surface area contributed by atoms with Crippen molar-refractivity contribution in [2.75, 3.05) is 13.2 Å². The lowest BCUT2D eigenvalue weighted by atomic mass is 10.0.